The highest BCUT2D eigenvalue weighted by Gasteiger charge is 2.27. The van der Waals surface area contributed by atoms with E-state index >= 15 is 0 Å². The number of carbonyl (C=O) groups excluding carboxylic acids is 2. The highest BCUT2D eigenvalue weighted by atomic mass is 35.5. The van der Waals surface area contributed by atoms with Crippen molar-refractivity contribution in [2.45, 2.75) is 26.4 Å². The number of hydrogen-bond donors (Lipinski definition) is 1. The number of halogens is 2. The maximum Gasteiger partial charge on any atom is 0.261 e. The normalized spacial score (nSPS) is 11.6. The molecule has 0 aliphatic heterocycles. The molecular weight excluding hydrogens is 387 g/mol. The molecule has 0 radical (unpaired) electrons. The third-order valence-corrected chi connectivity index (χ3v) is 4.72. The lowest BCUT2D eigenvalue weighted by Crippen LogP contribution is -2.49. The molecule has 0 heterocycles. The van der Waals surface area contributed by atoms with Gasteiger partial charge in [0.1, 0.15) is 11.8 Å². The fraction of sp³-hybridized carbons (Fsp3) is 0.300. The van der Waals surface area contributed by atoms with E-state index in [-0.39, 0.29) is 25.0 Å². The highest BCUT2D eigenvalue weighted by Crippen LogP contribution is 2.26. The smallest absolute Gasteiger partial charge is 0.261 e. The van der Waals surface area contributed by atoms with Crippen molar-refractivity contribution in [3.05, 3.63) is 64.1 Å². The molecule has 2 aromatic carbocycles. The number of para-hydroxylation sites is 1. The molecule has 1 N–H and O–H groups in total. The lowest BCUT2D eigenvalue weighted by Gasteiger charge is -2.29. The van der Waals surface area contributed by atoms with Gasteiger partial charge in [-0.3, -0.25) is 9.59 Å². The summed E-state index contributed by atoms with van der Waals surface area (Å²) in [4.78, 5) is 26.6. The van der Waals surface area contributed by atoms with Crippen LogP contribution >= 0.6 is 23.2 Å². The van der Waals surface area contributed by atoms with Crippen molar-refractivity contribution in [1.29, 1.82) is 0 Å². The van der Waals surface area contributed by atoms with Crippen LogP contribution in [0.3, 0.4) is 0 Å². The van der Waals surface area contributed by atoms with Gasteiger partial charge in [0, 0.05) is 28.7 Å². The van der Waals surface area contributed by atoms with Gasteiger partial charge in [0.15, 0.2) is 6.61 Å². The SMILES string of the molecule is CCNC(=O)[C@@H](C)N(Cc1c(Cl)cccc1Cl)C(=O)COc1ccccc1. The molecule has 144 valence electrons. The third-order valence-electron chi connectivity index (χ3n) is 4.01. The number of nitrogens with one attached hydrogen (secondary N) is 1. The molecule has 1 atom stereocenters. The van der Waals surface area contributed by atoms with Gasteiger partial charge in [-0.2, -0.15) is 0 Å². The molecule has 7 heteroatoms. The van der Waals surface area contributed by atoms with Crippen molar-refractivity contribution in [3.63, 3.8) is 0 Å². The van der Waals surface area contributed by atoms with E-state index in [2.05, 4.69) is 5.32 Å². The van der Waals surface area contributed by atoms with Crippen molar-refractivity contribution < 1.29 is 14.3 Å². The fourth-order valence-electron chi connectivity index (χ4n) is 2.50. The van der Waals surface area contributed by atoms with Gasteiger partial charge in [0.25, 0.3) is 5.91 Å². The van der Waals surface area contributed by atoms with Gasteiger partial charge in [-0.1, -0.05) is 47.5 Å². The summed E-state index contributed by atoms with van der Waals surface area (Å²) in [6.07, 6.45) is 0. The number of amides is 2. The Morgan fingerprint density at radius 1 is 1.07 bits per heavy atom. The number of ether oxygens (including phenoxy) is 1. The zero-order valence-electron chi connectivity index (χ0n) is 15.2. The number of nitrogens with zero attached hydrogens (tertiary/aromatic N) is 1. The first-order valence-electron chi connectivity index (χ1n) is 8.62. The average Bonchev–Trinajstić information content (AvgIpc) is 2.66. The quantitative estimate of drug-likeness (QED) is 0.719. The van der Waals surface area contributed by atoms with Crippen LogP contribution in [-0.2, 0) is 16.1 Å². The first-order valence-corrected chi connectivity index (χ1v) is 9.37. The van der Waals surface area contributed by atoms with E-state index in [1.54, 1.807) is 37.3 Å². The molecule has 0 aliphatic rings. The van der Waals surface area contributed by atoms with Crippen LogP contribution in [0.25, 0.3) is 0 Å². The minimum Gasteiger partial charge on any atom is -0.484 e. The Kier molecular flexibility index (Phi) is 7.95. The molecule has 0 aliphatic carbocycles. The predicted molar refractivity (Wildman–Crippen MR) is 107 cm³/mol. The molecule has 0 bridgehead atoms. The summed E-state index contributed by atoms with van der Waals surface area (Å²) >= 11 is 12.5. The molecule has 2 amide bonds. The van der Waals surface area contributed by atoms with Crippen LogP contribution in [0.5, 0.6) is 5.75 Å². The second-order valence-corrected chi connectivity index (χ2v) is 6.71. The van der Waals surface area contributed by atoms with Crippen LogP contribution < -0.4 is 10.1 Å². The molecule has 2 rings (SSSR count). The zero-order chi connectivity index (χ0) is 19.8. The van der Waals surface area contributed by atoms with Gasteiger partial charge in [-0.15, -0.1) is 0 Å². The van der Waals surface area contributed by atoms with Crippen molar-refractivity contribution >= 4 is 35.0 Å². The van der Waals surface area contributed by atoms with E-state index in [1.807, 2.05) is 25.1 Å². The molecule has 0 saturated heterocycles. The van der Waals surface area contributed by atoms with Crippen LogP contribution in [0.4, 0.5) is 0 Å². The number of hydrogen-bond acceptors (Lipinski definition) is 3. The van der Waals surface area contributed by atoms with Crippen LogP contribution in [0.2, 0.25) is 10.0 Å². The van der Waals surface area contributed by atoms with Gasteiger partial charge in [-0.05, 0) is 38.1 Å². The summed E-state index contributed by atoms with van der Waals surface area (Å²) in [7, 11) is 0. The molecule has 0 saturated carbocycles. The first-order chi connectivity index (χ1) is 12.9. The van der Waals surface area contributed by atoms with Crippen LogP contribution in [0.1, 0.15) is 19.4 Å². The van der Waals surface area contributed by atoms with E-state index < -0.39 is 6.04 Å². The van der Waals surface area contributed by atoms with E-state index in [9.17, 15) is 9.59 Å². The first kappa shape index (κ1) is 21.1. The standard InChI is InChI=1S/C20H22Cl2N2O3/c1-3-23-20(26)14(2)24(12-16-17(21)10-7-11-18(16)22)19(25)13-27-15-8-5-4-6-9-15/h4-11,14H,3,12-13H2,1-2H3,(H,23,26)/t14-/m1/s1. The van der Waals surface area contributed by atoms with E-state index in [1.165, 1.54) is 4.90 Å². The summed E-state index contributed by atoms with van der Waals surface area (Å²) < 4.78 is 5.55. The van der Waals surface area contributed by atoms with Gasteiger partial charge < -0.3 is 15.0 Å². The minimum atomic E-state index is -0.704. The third kappa shape index (κ3) is 5.88. The van der Waals surface area contributed by atoms with Crippen LogP contribution in [-0.4, -0.2) is 35.9 Å². The monoisotopic (exact) mass is 408 g/mol. The maximum atomic E-state index is 12.8. The fourth-order valence-corrected chi connectivity index (χ4v) is 3.02. The maximum absolute atomic E-state index is 12.8. The Bertz CT molecular complexity index is 764. The number of carbonyl (C=O) groups is 2. The molecular formula is C20H22Cl2N2O3. The Balaban J connectivity index is 2.20. The molecule has 0 aromatic heterocycles. The second-order valence-electron chi connectivity index (χ2n) is 5.89. The Morgan fingerprint density at radius 2 is 1.70 bits per heavy atom. The van der Waals surface area contributed by atoms with Crippen LogP contribution in [0, 0.1) is 0 Å². The van der Waals surface area contributed by atoms with Crippen molar-refractivity contribution in [2.75, 3.05) is 13.2 Å². The molecule has 5 nitrogen and oxygen atoms in total. The van der Waals surface area contributed by atoms with E-state index in [0.29, 0.717) is 27.9 Å². The summed E-state index contributed by atoms with van der Waals surface area (Å²) in [5, 5.41) is 3.60. The molecule has 0 unspecified atom stereocenters. The highest BCUT2D eigenvalue weighted by molar-refractivity contribution is 6.36. The second kappa shape index (κ2) is 10.2. The Morgan fingerprint density at radius 3 is 2.30 bits per heavy atom. The van der Waals surface area contributed by atoms with Gasteiger partial charge in [0.05, 0.1) is 0 Å². The Labute approximate surface area is 169 Å². The van der Waals surface area contributed by atoms with Gasteiger partial charge in [-0.25, -0.2) is 0 Å². The molecule has 2 aromatic rings. The topological polar surface area (TPSA) is 58.6 Å². The van der Waals surface area contributed by atoms with Gasteiger partial charge in [0.2, 0.25) is 5.91 Å². The van der Waals surface area contributed by atoms with Crippen molar-refractivity contribution in [2.24, 2.45) is 0 Å². The number of benzene rings is 2. The average molecular weight is 409 g/mol. The predicted octanol–water partition coefficient (Wildman–Crippen LogP) is 3.93. The van der Waals surface area contributed by atoms with Crippen molar-refractivity contribution in [3.8, 4) is 5.75 Å². The van der Waals surface area contributed by atoms with Gasteiger partial charge >= 0.3 is 0 Å². The number of rotatable bonds is 8. The number of likely N-dealkylation sites (N-methyl/N-ethyl adjacent to an activating group) is 1. The van der Waals surface area contributed by atoms with E-state index in [0.717, 1.165) is 0 Å². The molecule has 0 fully saturated rings. The molecule has 27 heavy (non-hydrogen) atoms. The summed E-state index contributed by atoms with van der Waals surface area (Å²) in [5.74, 6) is -0.0189. The van der Waals surface area contributed by atoms with Crippen molar-refractivity contribution in [1.82, 2.24) is 10.2 Å². The summed E-state index contributed by atoms with van der Waals surface area (Å²) in [5.41, 5.74) is 0.588. The Hall–Kier alpha value is -2.24. The minimum absolute atomic E-state index is 0.105. The molecule has 0 spiro atoms. The zero-order valence-corrected chi connectivity index (χ0v) is 16.8. The lowest BCUT2D eigenvalue weighted by molar-refractivity contribution is -0.142. The summed E-state index contributed by atoms with van der Waals surface area (Å²) in [6.45, 7) is 3.86. The largest absolute Gasteiger partial charge is 0.484 e. The van der Waals surface area contributed by atoms with E-state index in [4.69, 9.17) is 27.9 Å². The van der Waals surface area contributed by atoms with Crippen LogP contribution in [0.15, 0.2) is 48.5 Å². The lowest BCUT2D eigenvalue weighted by atomic mass is 10.1. The summed E-state index contributed by atoms with van der Waals surface area (Å²) in [6, 6.07) is 13.4.